The van der Waals surface area contributed by atoms with E-state index in [1.807, 2.05) is 25.1 Å². The smallest absolute Gasteiger partial charge is 0.164 e. The van der Waals surface area contributed by atoms with Crippen molar-refractivity contribution in [2.45, 2.75) is 33.1 Å². The molecule has 1 aromatic carbocycles. The Bertz CT molecular complexity index is 331. The highest BCUT2D eigenvalue weighted by atomic mass is 79.9. The summed E-state index contributed by atoms with van der Waals surface area (Å²) < 4.78 is 0.945. The van der Waals surface area contributed by atoms with Crippen LogP contribution in [0.4, 0.5) is 0 Å². The molecule has 0 aliphatic rings. The number of carbonyl (C=O) groups is 1. The second-order valence-corrected chi connectivity index (χ2v) is 4.26. The van der Waals surface area contributed by atoms with E-state index in [4.69, 9.17) is 0 Å². The van der Waals surface area contributed by atoms with Gasteiger partial charge in [0.1, 0.15) is 0 Å². The van der Waals surface area contributed by atoms with Crippen molar-refractivity contribution in [2.24, 2.45) is 0 Å². The summed E-state index contributed by atoms with van der Waals surface area (Å²) in [5.41, 5.74) is 1.94. The third kappa shape index (κ3) is 2.68. The predicted molar refractivity (Wildman–Crippen MR) is 62.7 cm³/mol. The number of rotatable bonds is 4. The zero-order valence-electron chi connectivity index (χ0n) is 8.64. The summed E-state index contributed by atoms with van der Waals surface area (Å²) >= 11 is 3.45. The Morgan fingerprint density at radius 3 is 2.79 bits per heavy atom. The van der Waals surface area contributed by atoms with E-state index in [9.17, 15) is 4.79 Å². The quantitative estimate of drug-likeness (QED) is 0.739. The fourth-order valence-electron chi connectivity index (χ4n) is 1.33. The van der Waals surface area contributed by atoms with Gasteiger partial charge in [0.05, 0.1) is 0 Å². The van der Waals surface area contributed by atoms with Gasteiger partial charge in [0.2, 0.25) is 0 Å². The lowest BCUT2D eigenvalue weighted by Gasteiger charge is -2.05. The van der Waals surface area contributed by atoms with Crippen LogP contribution in [0.3, 0.4) is 0 Å². The first-order valence-corrected chi connectivity index (χ1v) is 5.74. The Morgan fingerprint density at radius 1 is 1.43 bits per heavy atom. The van der Waals surface area contributed by atoms with E-state index < -0.39 is 0 Å². The van der Waals surface area contributed by atoms with Crippen molar-refractivity contribution in [3.63, 3.8) is 0 Å². The van der Waals surface area contributed by atoms with E-state index in [-0.39, 0.29) is 5.78 Å². The number of unbranched alkanes of at least 4 members (excludes halogenated alkanes) is 1. The molecule has 0 amide bonds. The first kappa shape index (κ1) is 11.4. The van der Waals surface area contributed by atoms with Crippen molar-refractivity contribution in [2.75, 3.05) is 0 Å². The van der Waals surface area contributed by atoms with E-state index in [1.54, 1.807) is 0 Å². The average molecular weight is 255 g/mol. The second-order valence-electron chi connectivity index (χ2n) is 3.46. The highest BCUT2D eigenvalue weighted by Crippen LogP contribution is 2.22. The fraction of sp³-hybridized carbons (Fsp3) is 0.417. The molecule has 0 aromatic heterocycles. The molecule has 0 saturated carbocycles. The third-order valence-corrected chi connectivity index (χ3v) is 3.30. The number of halogens is 1. The van der Waals surface area contributed by atoms with Crippen LogP contribution in [0.1, 0.15) is 42.1 Å². The highest BCUT2D eigenvalue weighted by Gasteiger charge is 2.09. The molecule has 2 heteroatoms. The van der Waals surface area contributed by atoms with Gasteiger partial charge in [-0.1, -0.05) is 31.5 Å². The van der Waals surface area contributed by atoms with Gasteiger partial charge in [0.15, 0.2) is 5.78 Å². The van der Waals surface area contributed by atoms with Gasteiger partial charge in [-0.25, -0.2) is 0 Å². The van der Waals surface area contributed by atoms with Crippen LogP contribution >= 0.6 is 15.9 Å². The molecular formula is C12H15BrO. The SMILES string of the molecule is CCCCC(=O)c1cccc(C)c1Br. The van der Waals surface area contributed by atoms with Crippen LogP contribution < -0.4 is 0 Å². The highest BCUT2D eigenvalue weighted by molar-refractivity contribution is 9.10. The summed E-state index contributed by atoms with van der Waals surface area (Å²) in [6.07, 6.45) is 2.69. The van der Waals surface area contributed by atoms with Crippen LogP contribution in [0.15, 0.2) is 22.7 Å². The number of carbonyl (C=O) groups excluding carboxylic acids is 1. The number of hydrogen-bond donors (Lipinski definition) is 0. The average Bonchev–Trinajstić information content (AvgIpc) is 2.18. The Balaban J connectivity index is 2.84. The second kappa shape index (κ2) is 5.30. The van der Waals surface area contributed by atoms with E-state index >= 15 is 0 Å². The summed E-state index contributed by atoms with van der Waals surface area (Å²) in [5.74, 6) is 0.238. The lowest BCUT2D eigenvalue weighted by molar-refractivity contribution is 0.0979. The van der Waals surface area contributed by atoms with Crippen molar-refractivity contribution in [1.82, 2.24) is 0 Å². The zero-order valence-corrected chi connectivity index (χ0v) is 10.2. The predicted octanol–water partition coefficient (Wildman–Crippen LogP) is 4.13. The van der Waals surface area contributed by atoms with E-state index in [1.165, 1.54) is 0 Å². The molecular weight excluding hydrogens is 240 g/mol. The molecule has 1 aromatic rings. The molecule has 0 saturated heterocycles. The van der Waals surface area contributed by atoms with Gasteiger partial charge in [-0.2, -0.15) is 0 Å². The number of hydrogen-bond acceptors (Lipinski definition) is 1. The Hall–Kier alpha value is -0.630. The summed E-state index contributed by atoms with van der Waals surface area (Å²) in [5, 5.41) is 0. The van der Waals surface area contributed by atoms with Crippen LogP contribution in [-0.4, -0.2) is 5.78 Å². The maximum Gasteiger partial charge on any atom is 0.164 e. The first-order valence-electron chi connectivity index (χ1n) is 4.95. The van der Waals surface area contributed by atoms with E-state index in [2.05, 4.69) is 22.9 Å². The molecule has 14 heavy (non-hydrogen) atoms. The minimum Gasteiger partial charge on any atom is -0.294 e. The maximum atomic E-state index is 11.7. The van der Waals surface area contributed by atoms with Crippen LogP contribution in [0.25, 0.3) is 0 Å². The standard InChI is InChI=1S/C12H15BrO/c1-3-4-8-11(14)10-7-5-6-9(2)12(10)13/h5-7H,3-4,8H2,1-2H3. The molecule has 0 spiro atoms. The molecule has 0 unspecified atom stereocenters. The Morgan fingerprint density at radius 2 is 2.14 bits per heavy atom. The lowest BCUT2D eigenvalue weighted by Crippen LogP contribution is -2.00. The molecule has 0 N–H and O–H groups in total. The topological polar surface area (TPSA) is 17.1 Å². The molecule has 0 aliphatic heterocycles. The van der Waals surface area contributed by atoms with Gasteiger partial charge in [-0.3, -0.25) is 4.79 Å². The van der Waals surface area contributed by atoms with Crippen LogP contribution in [0.5, 0.6) is 0 Å². The number of Topliss-reactive ketones (excluding diaryl/α,β-unsaturated/α-hetero) is 1. The molecule has 0 radical (unpaired) electrons. The van der Waals surface area contributed by atoms with Crippen molar-refractivity contribution in [3.05, 3.63) is 33.8 Å². The van der Waals surface area contributed by atoms with E-state index in [0.717, 1.165) is 28.4 Å². The molecule has 0 atom stereocenters. The maximum absolute atomic E-state index is 11.7. The number of aryl methyl sites for hydroxylation is 1. The number of benzene rings is 1. The Kier molecular flexibility index (Phi) is 4.33. The van der Waals surface area contributed by atoms with Gasteiger partial charge in [-0.15, -0.1) is 0 Å². The fourth-order valence-corrected chi connectivity index (χ4v) is 1.82. The van der Waals surface area contributed by atoms with Gasteiger partial charge >= 0.3 is 0 Å². The summed E-state index contributed by atoms with van der Waals surface area (Å²) in [6, 6.07) is 5.81. The van der Waals surface area contributed by atoms with Gasteiger partial charge in [0.25, 0.3) is 0 Å². The molecule has 0 heterocycles. The van der Waals surface area contributed by atoms with Crippen molar-refractivity contribution < 1.29 is 4.79 Å². The largest absolute Gasteiger partial charge is 0.294 e. The van der Waals surface area contributed by atoms with E-state index in [0.29, 0.717) is 6.42 Å². The third-order valence-electron chi connectivity index (χ3n) is 2.25. The normalized spacial score (nSPS) is 10.2. The van der Waals surface area contributed by atoms with Crippen LogP contribution in [-0.2, 0) is 0 Å². The molecule has 0 fully saturated rings. The monoisotopic (exact) mass is 254 g/mol. The number of ketones is 1. The molecule has 76 valence electrons. The van der Waals surface area contributed by atoms with Crippen molar-refractivity contribution >= 4 is 21.7 Å². The van der Waals surface area contributed by atoms with Crippen molar-refractivity contribution in [1.29, 1.82) is 0 Å². The lowest BCUT2D eigenvalue weighted by atomic mass is 10.0. The van der Waals surface area contributed by atoms with Gasteiger partial charge in [-0.05, 0) is 34.8 Å². The minimum absolute atomic E-state index is 0.238. The zero-order chi connectivity index (χ0) is 10.6. The first-order chi connectivity index (χ1) is 6.66. The molecule has 0 aliphatic carbocycles. The van der Waals surface area contributed by atoms with Crippen LogP contribution in [0.2, 0.25) is 0 Å². The summed E-state index contributed by atoms with van der Waals surface area (Å²) in [7, 11) is 0. The molecule has 0 bridgehead atoms. The molecule has 1 nitrogen and oxygen atoms in total. The summed E-state index contributed by atoms with van der Waals surface area (Å²) in [6.45, 7) is 4.10. The van der Waals surface area contributed by atoms with Crippen LogP contribution in [0, 0.1) is 6.92 Å². The van der Waals surface area contributed by atoms with Crippen molar-refractivity contribution in [3.8, 4) is 0 Å². The summed E-state index contributed by atoms with van der Waals surface area (Å²) in [4.78, 5) is 11.7. The van der Waals surface area contributed by atoms with Gasteiger partial charge in [0, 0.05) is 16.5 Å². The minimum atomic E-state index is 0.238. The van der Waals surface area contributed by atoms with Gasteiger partial charge < -0.3 is 0 Å². The Labute approximate surface area is 93.7 Å². The molecule has 1 rings (SSSR count).